The Balaban J connectivity index is 2.43. The number of hydrogen-bond donors (Lipinski definition) is 3. The van der Waals surface area contributed by atoms with Gasteiger partial charge < -0.3 is 20.3 Å². The van der Waals surface area contributed by atoms with Crippen LogP contribution in [0.4, 0.5) is 0 Å². The predicted molar refractivity (Wildman–Crippen MR) is 112 cm³/mol. The average Bonchev–Trinajstić information content (AvgIpc) is 2.69. The van der Waals surface area contributed by atoms with Gasteiger partial charge in [0.25, 0.3) is 5.91 Å². The molecule has 0 fully saturated rings. The van der Waals surface area contributed by atoms with E-state index in [1.807, 2.05) is 13.8 Å². The van der Waals surface area contributed by atoms with Crippen LogP contribution in [0.1, 0.15) is 49.7 Å². The SMILES string of the molecule is COc1ccnc(C(=O)NC(C)(C(=O)O)C(C)C(c2ccc(Cl)nc2)C(C)C)c1O. The van der Waals surface area contributed by atoms with Gasteiger partial charge in [-0.2, -0.15) is 0 Å². The van der Waals surface area contributed by atoms with Crippen molar-refractivity contribution >= 4 is 23.5 Å². The summed E-state index contributed by atoms with van der Waals surface area (Å²) in [5.41, 5.74) is -1.17. The molecule has 3 N–H and O–H groups in total. The molecule has 3 unspecified atom stereocenters. The zero-order valence-corrected chi connectivity index (χ0v) is 18.3. The fraction of sp³-hybridized carbons (Fsp3) is 0.429. The Bertz CT molecular complexity index is 919. The van der Waals surface area contributed by atoms with Crippen LogP contribution in [0.25, 0.3) is 0 Å². The number of amides is 1. The summed E-state index contributed by atoms with van der Waals surface area (Å²) in [6.07, 6.45) is 2.91. The Morgan fingerprint density at radius 2 is 1.87 bits per heavy atom. The summed E-state index contributed by atoms with van der Waals surface area (Å²) in [5.74, 6) is -3.18. The molecule has 0 bridgehead atoms. The summed E-state index contributed by atoms with van der Waals surface area (Å²) >= 11 is 5.89. The number of carbonyl (C=O) groups is 2. The number of carboxylic acids is 1. The molecular weight excluding hydrogens is 410 g/mol. The molecule has 0 aromatic carbocycles. The first-order chi connectivity index (χ1) is 14.0. The first-order valence-corrected chi connectivity index (χ1v) is 9.80. The molecule has 162 valence electrons. The number of aromatic nitrogens is 2. The highest BCUT2D eigenvalue weighted by Crippen LogP contribution is 2.39. The van der Waals surface area contributed by atoms with E-state index in [-0.39, 0.29) is 23.3 Å². The molecule has 0 saturated heterocycles. The van der Waals surface area contributed by atoms with Gasteiger partial charge in [-0.15, -0.1) is 0 Å². The number of carbonyl (C=O) groups excluding carboxylic acids is 1. The third kappa shape index (κ3) is 4.64. The van der Waals surface area contributed by atoms with Crippen molar-refractivity contribution in [2.24, 2.45) is 11.8 Å². The van der Waals surface area contributed by atoms with Crippen LogP contribution in [0.15, 0.2) is 30.6 Å². The van der Waals surface area contributed by atoms with Crippen LogP contribution in [0.2, 0.25) is 5.15 Å². The van der Waals surface area contributed by atoms with E-state index in [0.29, 0.717) is 5.15 Å². The highest BCUT2D eigenvalue weighted by molar-refractivity contribution is 6.29. The molecule has 0 saturated carbocycles. The normalized spacial score (nSPS) is 15.2. The van der Waals surface area contributed by atoms with Gasteiger partial charge in [-0.1, -0.05) is 38.4 Å². The monoisotopic (exact) mass is 435 g/mol. The van der Waals surface area contributed by atoms with E-state index in [1.165, 1.54) is 26.3 Å². The predicted octanol–water partition coefficient (Wildman–Crippen LogP) is 3.49. The molecule has 0 radical (unpaired) electrons. The van der Waals surface area contributed by atoms with Gasteiger partial charge >= 0.3 is 5.97 Å². The van der Waals surface area contributed by atoms with Crippen molar-refractivity contribution in [1.29, 1.82) is 0 Å². The minimum Gasteiger partial charge on any atom is -0.503 e. The molecule has 0 aliphatic rings. The average molecular weight is 436 g/mol. The first-order valence-electron chi connectivity index (χ1n) is 9.42. The standard InChI is InChI=1S/C21H26ClN3O5/c1-11(2)16(13-6-7-15(22)24-10-13)12(3)21(4,20(28)29)25-19(27)17-18(26)14(30-5)8-9-23-17/h6-12,16,26H,1-5H3,(H,25,27)(H,28,29). The van der Waals surface area contributed by atoms with Gasteiger partial charge in [0.05, 0.1) is 7.11 Å². The van der Waals surface area contributed by atoms with Gasteiger partial charge in [0, 0.05) is 18.5 Å². The molecule has 2 aromatic rings. The second-order valence-corrected chi connectivity index (χ2v) is 8.03. The largest absolute Gasteiger partial charge is 0.503 e. The van der Waals surface area contributed by atoms with E-state index < -0.39 is 29.1 Å². The Kier molecular flexibility index (Phi) is 7.25. The third-order valence-electron chi connectivity index (χ3n) is 5.44. The zero-order chi connectivity index (χ0) is 22.6. The maximum Gasteiger partial charge on any atom is 0.329 e. The molecule has 2 rings (SSSR count). The Morgan fingerprint density at radius 1 is 1.20 bits per heavy atom. The van der Waals surface area contributed by atoms with Gasteiger partial charge in [-0.05, 0) is 36.3 Å². The number of carboxylic acid groups (broad SMARTS) is 1. The van der Waals surface area contributed by atoms with E-state index >= 15 is 0 Å². The molecule has 30 heavy (non-hydrogen) atoms. The van der Waals surface area contributed by atoms with Crippen LogP contribution in [0.5, 0.6) is 11.5 Å². The Labute approximate surface area is 180 Å². The minimum absolute atomic E-state index is 0.0434. The minimum atomic E-state index is -1.66. The van der Waals surface area contributed by atoms with Gasteiger partial charge in [0.15, 0.2) is 17.2 Å². The molecule has 2 aromatic heterocycles. The van der Waals surface area contributed by atoms with Crippen LogP contribution < -0.4 is 10.1 Å². The lowest BCUT2D eigenvalue weighted by molar-refractivity contribution is -0.146. The topological polar surface area (TPSA) is 122 Å². The maximum absolute atomic E-state index is 12.8. The van der Waals surface area contributed by atoms with Crippen molar-refractivity contribution in [3.05, 3.63) is 47.0 Å². The van der Waals surface area contributed by atoms with Crippen molar-refractivity contribution in [3.8, 4) is 11.5 Å². The number of aromatic hydroxyl groups is 1. The van der Waals surface area contributed by atoms with E-state index in [9.17, 15) is 19.8 Å². The summed E-state index contributed by atoms with van der Waals surface area (Å²) in [4.78, 5) is 33.1. The van der Waals surface area contributed by atoms with Gasteiger partial charge in [0.1, 0.15) is 10.7 Å². The Morgan fingerprint density at radius 3 is 2.37 bits per heavy atom. The van der Waals surface area contributed by atoms with Crippen LogP contribution in [0.3, 0.4) is 0 Å². The molecule has 8 nitrogen and oxygen atoms in total. The number of aliphatic carboxylic acids is 1. The van der Waals surface area contributed by atoms with Crippen LogP contribution >= 0.6 is 11.6 Å². The summed E-state index contributed by atoms with van der Waals surface area (Å²) < 4.78 is 4.99. The summed E-state index contributed by atoms with van der Waals surface area (Å²) in [6.45, 7) is 7.13. The number of nitrogens with one attached hydrogen (secondary N) is 1. The molecule has 2 heterocycles. The summed E-state index contributed by atoms with van der Waals surface area (Å²) in [6, 6.07) is 4.84. The number of nitrogens with zero attached hydrogens (tertiary/aromatic N) is 2. The lowest BCUT2D eigenvalue weighted by Gasteiger charge is -2.39. The molecule has 1 amide bonds. The van der Waals surface area contributed by atoms with Gasteiger partial charge in [0.2, 0.25) is 0 Å². The quantitative estimate of drug-likeness (QED) is 0.542. The second kappa shape index (κ2) is 9.30. The number of methoxy groups -OCH3 is 1. The zero-order valence-electron chi connectivity index (χ0n) is 17.5. The molecule has 0 spiro atoms. The molecule has 9 heteroatoms. The molecular formula is C21H26ClN3O5. The smallest absolute Gasteiger partial charge is 0.329 e. The number of halogens is 1. The van der Waals surface area contributed by atoms with Gasteiger partial charge in [-0.3, -0.25) is 4.79 Å². The lowest BCUT2D eigenvalue weighted by Crippen LogP contribution is -2.58. The van der Waals surface area contributed by atoms with Crippen LogP contribution in [-0.2, 0) is 4.79 Å². The molecule has 0 aliphatic carbocycles. The van der Waals surface area contributed by atoms with Crippen molar-refractivity contribution in [1.82, 2.24) is 15.3 Å². The fourth-order valence-electron chi connectivity index (χ4n) is 3.62. The van der Waals surface area contributed by atoms with E-state index in [2.05, 4.69) is 15.3 Å². The van der Waals surface area contributed by atoms with Crippen LogP contribution in [0, 0.1) is 11.8 Å². The molecule has 0 aliphatic heterocycles. The first kappa shape index (κ1) is 23.4. The van der Waals surface area contributed by atoms with Crippen molar-refractivity contribution in [2.45, 2.75) is 39.2 Å². The molecule has 3 atom stereocenters. The van der Waals surface area contributed by atoms with Crippen molar-refractivity contribution in [2.75, 3.05) is 7.11 Å². The van der Waals surface area contributed by atoms with Crippen LogP contribution in [-0.4, -0.2) is 44.7 Å². The fourth-order valence-corrected chi connectivity index (χ4v) is 3.73. The van der Waals surface area contributed by atoms with E-state index in [0.717, 1.165) is 5.56 Å². The summed E-state index contributed by atoms with van der Waals surface area (Å²) in [7, 11) is 1.34. The van der Waals surface area contributed by atoms with Gasteiger partial charge in [-0.25, -0.2) is 14.8 Å². The number of hydrogen-bond acceptors (Lipinski definition) is 6. The second-order valence-electron chi connectivity index (χ2n) is 7.64. The van der Waals surface area contributed by atoms with E-state index in [4.69, 9.17) is 16.3 Å². The van der Waals surface area contributed by atoms with Crippen molar-refractivity contribution in [3.63, 3.8) is 0 Å². The number of ether oxygens (including phenoxy) is 1. The van der Waals surface area contributed by atoms with Crippen molar-refractivity contribution < 1.29 is 24.5 Å². The maximum atomic E-state index is 12.8. The third-order valence-corrected chi connectivity index (χ3v) is 5.67. The highest BCUT2D eigenvalue weighted by atomic mass is 35.5. The highest BCUT2D eigenvalue weighted by Gasteiger charge is 2.46. The van der Waals surface area contributed by atoms with E-state index in [1.54, 1.807) is 25.3 Å². The lowest BCUT2D eigenvalue weighted by atomic mass is 9.70. The summed E-state index contributed by atoms with van der Waals surface area (Å²) in [5, 5.41) is 23.1. The number of rotatable bonds is 8. The number of pyridine rings is 2. The Hall–Kier alpha value is -2.87.